The maximum atomic E-state index is 12.8. The SMILES string of the molecule is CS(=O)(=O)c1ccc(Nc2ccc(F)cc2)c([N+](=O)[O-])c1. The molecule has 0 bridgehead atoms. The molecule has 0 aromatic heterocycles. The van der Waals surface area contributed by atoms with Crippen LogP contribution in [0.25, 0.3) is 0 Å². The van der Waals surface area contributed by atoms with Crippen molar-refractivity contribution in [2.75, 3.05) is 11.6 Å². The molecule has 2 aromatic carbocycles. The number of nitro benzene ring substituents is 1. The third-order valence-electron chi connectivity index (χ3n) is 2.72. The molecule has 21 heavy (non-hydrogen) atoms. The summed E-state index contributed by atoms with van der Waals surface area (Å²) in [6, 6.07) is 8.82. The Bertz CT molecular complexity index is 788. The first-order valence-corrected chi connectivity index (χ1v) is 7.67. The quantitative estimate of drug-likeness (QED) is 0.693. The van der Waals surface area contributed by atoms with Crippen molar-refractivity contribution in [1.29, 1.82) is 0 Å². The average molecular weight is 310 g/mol. The molecule has 2 aromatic rings. The van der Waals surface area contributed by atoms with Crippen molar-refractivity contribution in [2.24, 2.45) is 0 Å². The highest BCUT2D eigenvalue weighted by atomic mass is 32.2. The van der Waals surface area contributed by atoms with E-state index in [4.69, 9.17) is 0 Å². The van der Waals surface area contributed by atoms with Gasteiger partial charge in [0, 0.05) is 18.0 Å². The molecule has 6 nitrogen and oxygen atoms in total. The van der Waals surface area contributed by atoms with Gasteiger partial charge in [-0.3, -0.25) is 10.1 Å². The summed E-state index contributed by atoms with van der Waals surface area (Å²) in [6.45, 7) is 0. The molecular formula is C13H11FN2O4S. The molecule has 0 spiro atoms. The van der Waals surface area contributed by atoms with E-state index in [1.165, 1.54) is 36.4 Å². The highest BCUT2D eigenvalue weighted by Gasteiger charge is 2.18. The van der Waals surface area contributed by atoms with E-state index in [0.717, 1.165) is 12.3 Å². The largest absolute Gasteiger partial charge is 0.350 e. The van der Waals surface area contributed by atoms with Crippen LogP contribution in [0.1, 0.15) is 0 Å². The summed E-state index contributed by atoms with van der Waals surface area (Å²) in [5.41, 5.74) is 0.202. The third-order valence-corrected chi connectivity index (χ3v) is 3.83. The van der Waals surface area contributed by atoms with Crippen LogP contribution in [0.4, 0.5) is 21.5 Å². The van der Waals surface area contributed by atoms with Crippen molar-refractivity contribution in [2.45, 2.75) is 4.90 Å². The summed E-state index contributed by atoms with van der Waals surface area (Å²) in [5, 5.41) is 13.8. The van der Waals surface area contributed by atoms with Crippen LogP contribution in [0, 0.1) is 15.9 Å². The summed E-state index contributed by atoms with van der Waals surface area (Å²) in [5.74, 6) is -0.428. The van der Waals surface area contributed by atoms with Gasteiger partial charge in [-0.15, -0.1) is 0 Å². The molecule has 110 valence electrons. The predicted molar refractivity (Wildman–Crippen MR) is 75.9 cm³/mol. The van der Waals surface area contributed by atoms with Crippen molar-refractivity contribution in [3.8, 4) is 0 Å². The fourth-order valence-electron chi connectivity index (χ4n) is 1.69. The summed E-state index contributed by atoms with van der Waals surface area (Å²) >= 11 is 0. The predicted octanol–water partition coefficient (Wildman–Crippen LogP) is 2.88. The number of halogens is 1. The molecule has 0 saturated carbocycles. The Morgan fingerprint density at radius 3 is 2.29 bits per heavy atom. The number of anilines is 2. The second-order valence-corrected chi connectivity index (χ2v) is 6.36. The van der Waals surface area contributed by atoms with E-state index in [1.807, 2.05) is 0 Å². The minimum Gasteiger partial charge on any atom is -0.350 e. The lowest BCUT2D eigenvalue weighted by atomic mass is 10.2. The van der Waals surface area contributed by atoms with Gasteiger partial charge in [-0.1, -0.05) is 0 Å². The van der Waals surface area contributed by atoms with Gasteiger partial charge in [-0.2, -0.15) is 0 Å². The van der Waals surface area contributed by atoms with E-state index >= 15 is 0 Å². The summed E-state index contributed by atoms with van der Waals surface area (Å²) in [7, 11) is -3.54. The van der Waals surface area contributed by atoms with Gasteiger partial charge in [-0.05, 0) is 36.4 Å². The molecule has 0 unspecified atom stereocenters. The lowest BCUT2D eigenvalue weighted by Gasteiger charge is -2.08. The van der Waals surface area contributed by atoms with Crippen LogP contribution in [0.3, 0.4) is 0 Å². The molecule has 0 atom stereocenters. The zero-order chi connectivity index (χ0) is 15.6. The van der Waals surface area contributed by atoms with Gasteiger partial charge in [0.1, 0.15) is 11.5 Å². The van der Waals surface area contributed by atoms with E-state index in [-0.39, 0.29) is 16.3 Å². The van der Waals surface area contributed by atoms with Gasteiger partial charge in [-0.25, -0.2) is 12.8 Å². The summed E-state index contributed by atoms with van der Waals surface area (Å²) < 4.78 is 35.7. The molecule has 1 N–H and O–H groups in total. The van der Waals surface area contributed by atoms with Crippen molar-refractivity contribution in [3.63, 3.8) is 0 Å². The molecule has 0 fully saturated rings. The molecule has 0 aliphatic rings. The highest BCUT2D eigenvalue weighted by molar-refractivity contribution is 7.90. The number of nitrogens with one attached hydrogen (secondary N) is 1. The van der Waals surface area contributed by atoms with Gasteiger partial charge >= 0.3 is 0 Å². The smallest absolute Gasteiger partial charge is 0.293 e. The fourth-order valence-corrected chi connectivity index (χ4v) is 2.33. The van der Waals surface area contributed by atoms with Crippen LogP contribution in [-0.4, -0.2) is 19.6 Å². The number of hydrogen-bond acceptors (Lipinski definition) is 5. The Balaban J connectivity index is 2.44. The topological polar surface area (TPSA) is 89.3 Å². The summed E-state index contributed by atoms with van der Waals surface area (Å²) in [6.07, 6.45) is 0.971. The molecule has 2 rings (SSSR count). The van der Waals surface area contributed by atoms with Crippen LogP contribution < -0.4 is 5.32 Å². The van der Waals surface area contributed by atoms with Gasteiger partial charge in [0.25, 0.3) is 5.69 Å². The van der Waals surface area contributed by atoms with Crippen molar-refractivity contribution in [3.05, 3.63) is 58.4 Å². The first-order chi connectivity index (χ1) is 9.77. The van der Waals surface area contributed by atoms with E-state index < -0.39 is 20.6 Å². The van der Waals surface area contributed by atoms with E-state index in [1.54, 1.807) is 0 Å². The monoisotopic (exact) mass is 310 g/mol. The lowest BCUT2D eigenvalue weighted by Crippen LogP contribution is -2.02. The molecular weight excluding hydrogens is 299 g/mol. The second kappa shape index (κ2) is 5.49. The van der Waals surface area contributed by atoms with E-state index in [2.05, 4.69) is 5.32 Å². The van der Waals surface area contributed by atoms with Gasteiger partial charge < -0.3 is 5.32 Å². The van der Waals surface area contributed by atoms with Crippen molar-refractivity contribution >= 4 is 26.9 Å². The average Bonchev–Trinajstić information content (AvgIpc) is 2.40. The number of benzene rings is 2. The Morgan fingerprint density at radius 1 is 1.14 bits per heavy atom. The number of sulfone groups is 1. The first kappa shape index (κ1) is 14.9. The fraction of sp³-hybridized carbons (Fsp3) is 0.0769. The number of nitro groups is 1. The lowest BCUT2D eigenvalue weighted by molar-refractivity contribution is -0.384. The molecule has 0 aliphatic heterocycles. The Morgan fingerprint density at radius 2 is 1.76 bits per heavy atom. The van der Waals surface area contributed by atoms with E-state index in [9.17, 15) is 22.9 Å². The maximum absolute atomic E-state index is 12.8. The van der Waals surface area contributed by atoms with Crippen molar-refractivity contribution in [1.82, 2.24) is 0 Å². The molecule has 0 saturated heterocycles. The highest BCUT2D eigenvalue weighted by Crippen LogP contribution is 2.30. The Labute approximate surface area is 120 Å². The van der Waals surface area contributed by atoms with E-state index in [0.29, 0.717) is 5.69 Å². The standard InChI is InChI=1S/C13H11FN2O4S/c1-21(19,20)11-6-7-12(13(8-11)16(17)18)15-10-4-2-9(14)3-5-10/h2-8,15H,1H3. The molecule has 0 heterocycles. The van der Waals surface area contributed by atoms with Gasteiger partial charge in [0.2, 0.25) is 0 Å². The van der Waals surface area contributed by atoms with Crippen LogP contribution in [0.15, 0.2) is 47.4 Å². The minimum absolute atomic E-state index is 0.124. The normalized spacial score (nSPS) is 11.1. The van der Waals surface area contributed by atoms with Crippen LogP contribution in [0.2, 0.25) is 0 Å². The zero-order valence-corrected chi connectivity index (χ0v) is 11.7. The van der Waals surface area contributed by atoms with Gasteiger partial charge in [0.15, 0.2) is 9.84 Å². The maximum Gasteiger partial charge on any atom is 0.293 e. The second-order valence-electron chi connectivity index (χ2n) is 4.34. The Hall–Kier alpha value is -2.48. The van der Waals surface area contributed by atoms with Crippen LogP contribution in [0.5, 0.6) is 0 Å². The Kier molecular flexibility index (Phi) is 3.90. The minimum atomic E-state index is -3.54. The van der Waals surface area contributed by atoms with Gasteiger partial charge in [0.05, 0.1) is 9.82 Å². The summed E-state index contributed by atoms with van der Waals surface area (Å²) in [4.78, 5) is 10.2. The number of nitrogens with zero attached hydrogens (tertiary/aromatic N) is 1. The van der Waals surface area contributed by atoms with Crippen LogP contribution in [-0.2, 0) is 9.84 Å². The number of hydrogen-bond donors (Lipinski definition) is 1. The molecule has 8 heteroatoms. The first-order valence-electron chi connectivity index (χ1n) is 5.78. The molecule has 0 radical (unpaired) electrons. The molecule has 0 aliphatic carbocycles. The third kappa shape index (κ3) is 3.54. The van der Waals surface area contributed by atoms with Crippen LogP contribution >= 0.6 is 0 Å². The number of rotatable bonds is 4. The zero-order valence-electron chi connectivity index (χ0n) is 10.9. The molecule has 0 amide bonds. The van der Waals surface area contributed by atoms with Crippen molar-refractivity contribution < 1.29 is 17.7 Å².